The summed E-state index contributed by atoms with van der Waals surface area (Å²) in [4.78, 5) is 22.9. The average Bonchev–Trinajstić information content (AvgIpc) is 3.33. The minimum absolute atomic E-state index is 0. The Balaban J connectivity index is 0.00000261. The molecule has 0 aliphatic heterocycles. The van der Waals surface area contributed by atoms with Crippen molar-refractivity contribution in [3.8, 4) is 0 Å². The lowest BCUT2D eigenvalue weighted by Gasteiger charge is -2.24. The molecule has 1 amide bonds. The number of amides is 1. The van der Waals surface area contributed by atoms with E-state index in [1.165, 1.54) is 11.2 Å². The SMILES string of the molecule is CCN(CC)CCN(C(=O)c1ccco1)c1nc2ccc(SC)cc2s1.Cl. The van der Waals surface area contributed by atoms with Crippen LogP contribution in [0.25, 0.3) is 10.2 Å². The summed E-state index contributed by atoms with van der Waals surface area (Å²) in [6, 6.07) is 9.64. The number of rotatable bonds is 8. The Kier molecular flexibility index (Phi) is 8.16. The van der Waals surface area contributed by atoms with E-state index in [4.69, 9.17) is 9.40 Å². The first-order chi connectivity index (χ1) is 12.7. The fourth-order valence-electron chi connectivity index (χ4n) is 2.73. The smallest absolute Gasteiger partial charge is 0.295 e. The minimum Gasteiger partial charge on any atom is -0.459 e. The Hall–Kier alpha value is -1.54. The van der Waals surface area contributed by atoms with E-state index in [0.29, 0.717) is 17.4 Å². The van der Waals surface area contributed by atoms with Crippen LogP contribution in [0.2, 0.25) is 0 Å². The van der Waals surface area contributed by atoms with Crippen LogP contribution in [0.1, 0.15) is 24.4 Å². The number of aromatic nitrogens is 1. The second kappa shape index (κ2) is 10.1. The quantitative estimate of drug-likeness (QED) is 0.474. The van der Waals surface area contributed by atoms with Gasteiger partial charge in [-0.2, -0.15) is 0 Å². The normalized spacial score (nSPS) is 11.0. The van der Waals surface area contributed by atoms with Gasteiger partial charge in [0.05, 0.1) is 16.5 Å². The van der Waals surface area contributed by atoms with E-state index < -0.39 is 0 Å². The molecule has 0 bridgehead atoms. The number of halogens is 1. The van der Waals surface area contributed by atoms with Gasteiger partial charge in [-0.05, 0) is 49.7 Å². The van der Waals surface area contributed by atoms with Crippen molar-refractivity contribution < 1.29 is 9.21 Å². The number of carbonyl (C=O) groups is 1. The molecular formula is C19H24ClN3O2S2. The molecule has 146 valence electrons. The first-order valence-corrected chi connectivity index (χ1v) is 10.7. The highest BCUT2D eigenvalue weighted by Gasteiger charge is 2.23. The monoisotopic (exact) mass is 425 g/mol. The molecule has 0 atom stereocenters. The van der Waals surface area contributed by atoms with Crippen LogP contribution >= 0.6 is 35.5 Å². The van der Waals surface area contributed by atoms with Gasteiger partial charge < -0.3 is 9.32 Å². The first kappa shape index (κ1) is 21.8. The maximum Gasteiger partial charge on any atom is 0.295 e. The highest BCUT2D eigenvalue weighted by Crippen LogP contribution is 2.32. The number of benzene rings is 1. The molecule has 3 aromatic rings. The lowest BCUT2D eigenvalue weighted by molar-refractivity contribution is 0.0957. The molecule has 0 aliphatic rings. The molecule has 5 nitrogen and oxygen atoms in total. The topological polar surface area (TPSA) is 49.6 Å². The Morgan fingerprint density at radius 2 is 2.00 bits per heavy atom. The summed E-state index contributed by atoms with van der Waals surface area (Å²) >= 11 is 3.25. The van der Waals surface area contributed by atoms with Crippen LogP contribution in [0.15, 0.2) is 45.9 Å². The van der Waals surface area contributed by atoms with Crippen LogP contribution in [-0.4, -0.2) is 48.2 Å². The predicted molar refractivity (Wildman–Crippen MR) is 117 cm³/mol. The summed E-state index contributed by atoms with van der Waals surface area (Å²) in [5, 5.41) is 0.715. The van der Waals surface area contributed by atoms with Gasteiger partial charge in [-0.25, -0.2) is 4.98 Å². The number of anilines is 1. The Morgan fingerprint density at radius 3 is 2.63 bits per heavy atom. The van der Waals surface area contributed by atoms with Gasteiger partial charge in [0.15, 0.2) is 10.9 Å². The van der Waals surface area contributed by atoms with Crippen LogP contribution < -0.4 is 4.90 Å². The number of nitrogens with zero attached hydrogens (tertiary/aromatic N) is 3. The average molecular weight is 426 g/mol. The molecule has 27 heavy (non-hydrogen) atoms. The van der Waals surface area contributed by atoms with Gasteiger partial charge in [0, 0.05) is 18.0 Å². The molecule has 0 aliphatic carbocycles. The number of furan rings is 1. The van der Waals surface area contributed by atoms with Crippen molar-refractivity contribution in [1.29, 1.82) is 0 Å². The molecule has 1 aromatic carbocycles. The second-order valence-corrected chi connectivity index (χ2v) is 7.68. The fourth-order valence-corrected chi connectivity index (χ4v) is 4.28. The van der Waals surface area contributed by atoms with E-state index in [-0.39, 0.29) is 18.3 Å². The van der Waals surface area contributed by atoms with Gasteiger partial charge in [0.2, 0.25) is 0 Å². The van der Waals surface area contributed by atoms with Crippen molar-refractivity contribution in [2.75, 3.05) is 37.3 Å². The summed E-state index contributed by atoms with van der Waals surface area (Å²) in [5.74, 6) is 0.194. The summed E-state index contributed by atoms with van der Waals surface area (Å²) in [7, 11) is 0. The summed E-state index contributed by atoms with van der Waals surface area (Å²) < 4.78 is 6.43. The van der Waals surface area contributed by atoms with Gasteiger partial charge in [0.25, 0.3) is 5.91 Å². The number of hydrogen-bond donors (Lipinski definition) is 0. The molecule has 8 heteroatoms. The van der Waals surface area contributed by atoms with Crippen LogP contribution in [0.4, 0.5) is 5.13 Å². The Morgan fingerprint density at radius 1 is 1.22 bits per heavy atom. The molecule has 0 radical (unpaired) electrons. The van der Waals surface area contributed by atoms with E-state index in [1.54, 1.807) is 40.1 Å². The van der Waals surface area contributed by atoms with Gasteiger partial charge in [-0.15, -0.1) is 24.2 Å². The molecule has 0 spiro atoms. The predicted octanol–water partition coefficient (Wildman–Crippen LogP) is 5.02. The van der Waals surface area contributed by atoms with E-state index in [0.717, 1.165) is 29.9 Å². The van der Waals surface area contributed by atoms with E-state index >= 15 is 0 Å². The molecule has 0 fully saturated rings. The van der Waals surface area contributed by atoms with E-state index in [2.05, 4.69) is 37.1 Å². The van der Waals surface area contributed by atoms with Gasteiger partial charge in [-0.3, -0.25) is 9.69 Å². The maximum absolute atomic E-state index is 13.0. The number of thiazole rings is 1. The second-order valence-electron chi connectivity index (χ2n) is 5.79. The van der Waals surface area contributed by atoms with Gasteiger partial charge in [0.1, 0.15) is 0 Å². The summed E-state index contributed by atoms with van der Waals surface area (Å²) in [5.41, 5.74) is 0.919. The standard InChI is InChI=1S/C19H23N3O2S2.ClH/c1-4-21(5-2)10-11-22(18(23)16-7-6-12-24-16)19-20-15-9-8-14(25-3)13-17(15)26-19;/h6-9,12-13H,4-5,10-11H2,1-3H3;1H. The van der Waals surface area contributed by atoms with E-state index in [9.17, 15) is 4.79 Å². The van der Waals surface area contributed by atoms with Crippen LogP contribution in [0.5, 0.6) is 0 Å². The molecule has 3 rings (SSSR count). The van der Waals surface area contributed by atoms with Gasteiger partial charge in [-0.1, -0.05) is 25.2 Å². The molecule has 0 saturated heterocycles. The molecule has 0 N–H and O–H groups in total. The Labute approximate surface area is 174 Å². The van der Waals surface area contributed by atoms with Crippen molar-refractivity contribution >= 4 is 56.8 Å². The number of carbonyl (C=O) groups excluding carboxylic acids is 1. The zero-order valence-electron chi connectivity index (χ0n) is 15.7. The first-order valence-electron chi connectivity index (χ1n) is 8.68. The number of hydrogen-bond acceptors (Lipinski definition) is 6. The van der Waals surface area contributed by atoms with Crippen molar-refractivity contribution in [1.82, 2.24) is 9.88 Å². The minimum atomic E-state index is -0.147. The van der Waals surface area contributed by atoms with Crippen molar-refractivity contribution in [2.24, 2.45) is 0 Å². The van der Waals surface area contributed by atoms with Crippen molar-refractivity contribution in [3.63, 3.8) is 0 Å². The van der Waals surface area contributed by atoms with Crippen molar-refractivity contribution in [3.05, 3.63) is 42.4 Å². The summed E-state index contributed by atoms with van der Waals surface area (Å²) in [6.45, 7) is 7.54. The maximum atomic E-state index is 13.0. The van der Waals surface area contributed by atoms with E-state index in [1.807, 2.05) is 6.07 Å². The summed E-state index contributed by atoms with van der Waals surface area (Å²) in [6.07, 6.45) is 3.58. The molecule has 0 saturated carbocycles. The highest BCUT2D eigenvalue weighted by atomic mass is 35.5. The molecule has 2 heterocycles. The number of thioether (sulfide) groups is 1. The number of likely N-dealkylation sites (N-methyl/N-ethyl adjacent to an activating group) is 1. The van der Waals surface area contributed by atoms with Gasteiger partial charge >= 0.3 is 0 Å². The third-order valence-electron chi connectivity index (χ3n) is 4.33. The molecular weight excluding hydrogens is 402 g/mol. The highest BCUT2D eigenvalue weighted by molar-refractivity contribution is 7.98. The fraction of sp³-hybridized carbons (Fsp3) is 0.368. The molecule has 0 unspecified atom stereocenters. The number of fused-ring (bicyclic) bond motifs is 1. The van der Waals surface area contributed by atoms with Crippen LogP contribution in [0, 0.1) is 0 Å². The third kappa shape index (κ3) is 5.04. The van der Waals surface area contributed by atoms with Crippen LogP contribution in [-0.2, 0) is 0 Å². The third-order valence-corrected chi connectivity index (χ3v) is 6.09. The lowest BCUT2D eigenvalue weighted by Crippen LogP contribution is -2.38. The Bertz CT molecular complexity index is 863. The molecule has 2 aromatic heterocycles. The zero-order chi connectivity index (χ0) is 18.5. The van der Waals surface area contributed by atoms with Crippen LogP contribution in [0.3, 0.4) is 0 Å². The lowest BCUT2D eigenvalue weighted by atomic mass is 10.3. The van der Waals surface area contributed by atoms with Crippen molar-refractivity contribution in [2.45, 2.75) is 18.7 Å². The largest absolute Gasteiger partial charge is 0.459 e. The zero-order valence-corrected chi connectivity index (χ0v) is 18.1.